The third-order valence-corrected chi connectivity index (χ3v) is 3.39. The molecule has 0 unspecified atom stereocenters. The molecule has 0 saturated heterocycles. The molecule has 20 heavy (non-hydrogen) atoms. The van der Waals surface area contributed by atoms with Gasteiger partial charge in [-0.3, -0.25) is 4.79 Å². The summed E-state index contributed by atoms with van der Waals surface area (Å²) in [4.78, 5) is 11.8. The van der Waals surface area contributed by atoms with Crippen LogP contribution in [0, 0.1) is 23.1 Å². The minimum Gasteiger partial charge on any atom is -0.374 e. The second kappa shape index (κ2) is 6.58. The number of hydrogen-bond donors (Lipinski definition) is 2. The number of hydrogen-bond acceptors (Lipinski definition) is 3. The van der Waals surface area contributed by atoms with Gasteiger partial charge in [0.05, 0.1) is 18.3 Å². The van der Waals surface area contributed by atoms with Crippen molar-refractivity contribution in [2.45, 2.75) is 26.3 Å². The average Bonchev–Trinajstić information content (AvgIpc) is 2.37. The van der Waals surface area contributed by atoms with Gasteiger partial charge < -0.3 is 10.6 Å². The minimum atomic E-state index is -0.947. The van der Waals surface area contributed by atoms with Gasteiger partial charge in [-0.2, -0.15) is 5.26 Å². The van der Waals surface area contributed by atoms with Crippen molar-refractivity contribution in [1.29, 1.82) is 5.26 Å². The number of carbonyl (C=O) groups excluding carboxylic acids is 1. The largest absolute Gasteiger partial charge is 0.374 e. The molecule has 1 atom stereocenters. The molecule has 0 aliphatic rings. The standard InChI is InChI=1S/C14H17ClFN3O/c1-9(2)14(3,8-17)19-13(20)7-18-12-5-4-10(15)6-11(12)16/h4-6,9,18H,7H2,1-3H3,(H,19,20)/t14-/m1/s1. The molecule has 0 aromatic heterocycles. The topological polar surface area (TPSA) is 64.9 Å². The van der Waals surface area contributed by atoms with Crippen LogP contribution in [0.1, 0.15) is 20.8 Å². The lowest BCUT2D eigenvalue weighted by Gasteiger charge is -2.27. The molecule has 1 rings (SSSR count). The molecule has 4 nitrogen and oxygen atoms in total. The molecule has 1 aromatic carbocycles. The van der Waals surface area contributed by atoms with Crippen molar-refractivity contribution < 1.29 is 9.18 Å². The quantitative estimate of drug-likeness (QED) is 0.878. The molecule has 0 radical (unpaired) electrons. The molecule has 0 heterocycles. The summed E-state index contributed by atoms with van der Waals surface area (Å²) in [5.41, 5.74) is -0.759. The Hall–Kier alpha value is -1.80. The molecule has 2 N–H and O–H groups in total. The lowest BCUT2D eigenvalue weighted by molar-refractivity contribution is -0.121. The Labute approximate surface area is 122 Å². The van der Waals surface area contributed by atoms with Crippen molar-refractivity contribution in [3.63, 3.8) is 0 Å². The average molecular weight is 298 g/mol. The summed E-state index contributed by atoms with van der Waals surface area (Å²) in [6.45, 7) is 5.21. The Morgan fingerprint density at radius 2 is 2.20 bits per heavy atom. The van der Waals surface area contributed by atoms with E-state index < -0.39 is 11.4 Å². The van der Waals surface area contributed by atoms with Crippen molar-refractivity contribution >= 4 is 23.2 Å². The van der Waals surface area contributed by atoms with Crippen molar-refractivity contribution in [2.75, 3.05) is 11.9 Å². The highest BCUT2D eigenvalue weighted by Crippen LogP contribution is 2.19. The number of nitrogens with zero attached hydrogens (tertiary/aromatic N) is 1. The zero-order valence-electron chi connectivity index (χ0n) is 11.6. The molecule has 0 spiro atoms. The summed E-state index contributed by atoms with van der Waals surface area (Å²) in [5, 5.41) is 14.7. The summed E-state index contributed by atoms with van der Waals surface area (Å²) in [6.07, 6.45) is 0. The van der Waals surface area contributed by atoms with Gasteiger partial charge in [0.25, 0.3) is 0 Å². The minimum absolute atomic E-state index is 0.0382. The van der Waals surface area contributed by atoms with E-state index in [-0.39, 0.29) is 29.1 Å². The van der Waals surface area contributed by atoms with Crippen LogP contribution in [0.5, 0.6) is 0 Å². The first-order valence-corrected chi connectivity index (χ1v) is 6.57. The van der Waals surface area contributed by atoms with Gasteiger partial charge in [0.15, 0.2) is 0 Å². The van der Waals surface area contributed by atoms with E-state index in [9.17, 15) is 9.18 Å². The Balaban J connectivity index is 2.62. The van der Waals surface area contributed by atoms with Gasteiger partial charge in [-0.25, -0.2) is 4.39 Å². The first-order chi connectivity index (χ1) is 9.28. The van der Waals surface area contributed by atoms with Crippen molar-refractivity contribution in [3.8, 4) is 6.07 Å². The molecule has 0 aliphatic heterocycles. The molecule has 0 bridgehead atoms. The van der Waals surface area contributed by atoms with Gasteiger partial charge in [0.2, 0.25) is 5.91 Å². The van der Waals surface area contributed by atoms with Crippen LogP contribution in [0.25, 0.3) is 0 Å². The first kappa shape index (κ1) is 16.3. The molecule has 1 amide bonds. The van der Waals surface area contributed by atoms with Crippen LogP contribution in [0.15, 0.2) is 18.2 Å². The van der Waals surface area contributed by atoms with E-state index in [4.69, 9.17) is 16.9 Å². The van der Waals surface area contributed by atoms with Crippen LogP contribution in [-0.4, -0.2) is 18.0 Å². The number of nitriles is 1. The Kier molecular flexibility index (Phi) is 5.34. The van der Waals surface area contributed by atoms with Crippen LogP contribution in [-0.2, 0) is 4.79 Å². The molecular weight excluding hydrogens is 281 g/mol. The van der Waals surface area contributed by atoms with Crippen molar-refractivity contribution in [2.24, 2.45) is 5.92 Å². The van der Waals surface area contributed by atoms with E-state index in [1.165, 1.54) is 12.1 Å². The number of halogens is 2. The van der Waals surface area contributed by atoms with Crippen molar-refractivity contribution in [3.05, 3.63) is 29.0 Å². The van der Waals surface area contributed by atoms with Crippen LogP contribution in [0.3, 0.4) is 0 Å². The fourth-order valence-corrected chi connectivity index (χ4v) is 1.60. The van der Waals surface area contributed by atoms with Gasteiger partial charge >= 0.3 is 0 Å². The van der Waals surface area contributed by atoms with Gasteiger partial charge in [0, 0.05) is 5.02 Å². The zero-order chi connectivity index (χ0) is 15.3. The lowest BCUT2D eigenvalue weighted by atomic mass is 9.90. The number of benzene rings is 1. The Bertz CT molecular complexity index is 542. The maximum atomic E-state index is 13.5. The highest BCUT2D eigenvalue weighted by molar-refractivity contribution is 6.30. The molecule has 0 fully saturated rings. The predicted molar refractivity (Wildman–Crippen MR) is 76.9 cm³/mol. The second-order valence-corrected chi connectivity index (χ2v) is 5.43. The van der Waals surface area contributed by atoms with E-state index in [1.807, 2.05) is 13.8 Å². The van der Waals surface area contributed by atoms with Gasteiger partial charge in [0.1, 0.15) is 11.4 Å². The Morgan fingerprint density at radius 1 is 1.55 bits per heavy atom. The normalized spacial score (nSPS) is 13.4. The van der Waals surface area contributed by atoms with Crippen LogP contribution in [0.4, 0.5) is 10.1 Å². The summed E-state index contributed by atoms with van der Waals surface area (Å²) in [7, 11) is 0. The van der Waals surface area contributed by atoms with Gasteiger partial charge in [-0.15, -0.1) is 0 Å². The van der Waals surface area contributed by atoms with Crippen molar-refractivity contribution in [1.82, 2.24) is 5.32 Å². The number of carbonyl (C=O) groups is 1. The van der Waals surface area contributed by atoms with Crippen LogP contribution in [0.2, 0.25) is 5.02 Å². The van der Waals surface area contributed by atoms with Crippen LogP contribution < -0.4 is 10.6 Å². The number of nitrogens with one attached hydrogen (secondary N) is 2. The molecular formula is C14H17ClFN3O. The summed E-state index contributed by atoms with van der Waals surface area (Å²) < 4.78 is 13.5. The zero-order valence-corrected chi connectivity index (χ0v) is 12.4. The smallest absolute Gasteiger partial charge is 0.240 e. The molecule has 1 aromatic rings. The summed E-state index contributed by atoms with van der Waals surface area (Å²) in [5.74, 6) is -0.946. The third kappa shape index (κ3) is 4.10. The first-order valence-electron chi connectivity index (χ1n) is 6.19. The highest BCUT2D eigenvalue weighted by atomic mass is 35.5. The van der Waals surface area contributed by atoms with E-state index in [0.29, 0.717) is 0 Å². The number of amides is 1. The predicted octanol–water partition coefficient (Wildman–Crippen LogP) is 2.95. The molecule has 108 valence electrons. The maximum Gasteiger partial charge on any atom is 0.240 e. The summed E-state index contributed by atoms with van der Waals surface area (Å²) in [6, 6.07) is 6.22. The number of anilines is 1. The lowest BCUT2D eigenvalue weighted by Crippen LogP contribution is -2.50. The highest BCUT2D eigenvalue weighted by Gasteiger charge is 2.29. The third-order valence-electron chi connectivity index (χ3n) is 3.16. The van der Waals surface area contributed by atoms with E-state index in [0.717, 1.165) is 6.07 Å². The molecule has 6 heteroatoms. The summed E-state index contributed by atoms with van der Waals surface area (Å²) >= 11 is 5.64. The number of rotatable bonds is 5. The fraction of sp³-hybridized carbons (Fsp3) is 0.429. The monoisotopic (exact) mass is 297 g/mol. The molecule has 0 aliphatic carbocycles. The van der Waals surface area contributed by atoms with Crippen LogP contribution >= 0.6 is 11.6 Å². The SMILES string of the molecule is CC(C)[C@@](C)(C#N)NC(=O)CNc1ccc(Cl)cc1F. The Morgan fingerprint density at radius 3 is 2.70 bits per heavy atom. The van der Waals surface area contributed by atoms with Gasteiger partial charge in [-0.05, 0) is 31.0 Å². The maximum absolute atomic E-state index is 13.5. The van der Waals surface area contributed by atoms with E-state index >= 15 is 0 Å². The van der Waals surface area contributed by atoms with E-state index in [1.54, 1.807) is 6.92 Å². The van der Waals surface area contributed by atoms with E-state index in [2.05, 4.69) is 16.7 Å². The van der Waals surface area contributed by atoms with Gasteiger partial charge in [-0.1, -0.05) is 25.4 Å². The molecule has 0 saturated carbocycles. The second-order valence-electron chi connectivity index (χ2n) is 4.99. The fourth-order valence-electron chi connectivity index (χ4n) is 1.44.